The van der Waals surface area contributed by atoms with Gasteiger partial charge in [0.15, 0.2) is 0 Å². The molecule has 2 atom stereocenters. The van der Waals surface area contributed by atoms with Gasteiger partial charge in [-0.05, 0) is 42.0 Å². The zero-order valence-electron chi connectivity index (χ0n) is 12.2. The van der Waals surface area contributed by atoms with E-state index >= 15 is 0 Å². The van der Waals surface area contributed by atoms with E-state index in [1.54, 1.807) is 0 Å². The lowest BCUT2D eigenvalue weighted by Gasteiger charge is -2.11. The van der Waals surface area contributed by atoms with Gasteiger partial charge in [-0.3, -0.25) is 4.79 Å². The van der Waals surface area contributed by atoms with Gasteiger partial charge < -0.3 is 11.1 Å². The highest BCUT2D eigenvalue weighted by atomic mass is 16.1. The number of fused-ring (bicyclic) bond motifs is 1. The Morgan fingerprint density at radius 3 is 2.71 bits per heavy atom. The van der Waals surface area contributed by atoms with Crippen molar-refractivity contribution in [1.29, 1.82) is 0 Å². The third-order valence-electron chi connectivity index (χ3n) is 4.37. The molecule has 3 nitrogen and oxygen atoms in total. The van der Waals surface area contributed by atoms with Crippen molar-refractivity contribution in [3.05, 3.63) is 48.0 Å². The van der Waals surface area contributed by atoms with Gasteiger partial charge in [0.05, 0.1) is 0 Å². The van der Waals surface area contributed by atoms with Crippen molar-refractivity contribution in [2.75, 3.05) is 6.54 Å². The lowest BCUT2D eigenvalue weighted by molar-refractivity contribution is -0.124. The van der Waals surface area contributed by atoms with Gasteiger partial charge in [0.25, 0.3) is 0 Å². The second-order valence-electron chi connectivity index (χ2n) is 5.99. The predicted octanol–water partition coefficient (Wildman–Crippen LogP) is 2.63. The van der Waals surface area contributed by atoms with Gasteiger partial charge in [0.1, 0.15) is 0 Å². The highest BCUT2D eigenvalue weighted by molar-refractivity contribution is 5.83. The molecule has 1 aliphatic rings. The van der Waals surface area contributed by atoms with Crippen LogP contribution < -0.4 is 11.1 Å². The van der Waals surface area contributed by atoms with E-state index in [0.717, 1.165) is 25.7 Å². The Morgan fingerprint density at radius 2 is 1.95 bits per heavy atom. The number of rotatable bonds is 4. The van der Waals surface area contributed by atoms with Crippen molar-refractivity contribution in [3.63, 3.8) is 0 Å². The minimum Gasteiger partial charge on any atom is -0.356 e. The maximum atomic E-state index is 12.0. The molecule has 2 aromatic carbocycles. The molecule has 1 fully saturated rings. The Morgan fingerprint density at radius 1 is 1.14 bits per heavy atom. The average molecular weight is 282 g/mol. The summed E-state index contributed by atoms with van der Waals surface area (Å²) in [6.45, 7) is 0.697. The Hall–Kier alpha value is -1.87. The lowest BCUT2D eigenvalue weighted by atomic mass is 10.0. The zero-order chi connectivity index (χ0) is 14.7. The number of benzene rings is 2. The van der Waals surface area contributed by atoms with E-state index in [9.17, 15) is 4.79 Å². The van der Waals surface area contributed by atoms with Gasteiger partial charge >= 0.3 is 0 Å². The highest BCUT2D eigenvalue weighted by Crippen LogP contribution is 2.24. The zero-order valence-corrected chi connectivity index (χ0v) is 12.2. The minimum atomic E-state index is 0.122. The van der Waals surface area contributed by atoms with Gasteiger partial charge in [0, 0.05) is 18.5 Å². The summed E-state index contributed by atoms with van der Waals surface area (Å²) in [5.74, 6) is 0.292. The third kappa shape index (κ3) is 3.42. The smallest absolute Gasteiger partial charge is 0.223 e. The number of nitrogens with one attached hydrogen (secondary N) is 1. The summed E-state index contributed by atoms with van der Waals surface area (Å²) < 4.78 is 0. The number of hydrogen-bond acceptors (Lipinski definition) is 2. The van der Waals surface area contributed by atoms with Crippen LogP contribution in [0.4, 0.5) is 0 Å². The largest absolute Gasteiger partial charge is 0.356 e. The number of carbonyl (C=O) groups is 1. The van der Waals surface area contributed by atoms with Crippen LogP contribution >= 0.6 is 0 Å². The topological polar surface area (TPSA) is 55.1 Å². The molecule has 2 aromatic rings. The van der Waals surface area contributed by atoms with E-state index in [1.807, 2.05) is 0 Å². The summed E-state index contributed by atoms with van der Waals surface area (Å²) in [4.78, 5) is 12.0. The molecule has 1 saturated carbocycles. The van der Waals surface area contributed by atoms with E-state index in [4.69, 9.17) is 5.73 Å². The van der Waals surface area contributed by atoms with E-state index in [0.29, 0.717) is 6.54 Å². The second kappa shape index (κ2) is 6.27. The van der Waals surface area contributed by atoms with Crippen LogP contribution in [0.25, 0.3) is 10.8 Å². The van der Waals surface area contributed by atoms with Gasteiger partial charge in [-0.15, -0.1) is 0 Å². The van der Waals surface area contributed by atoms with Gasteiger partial charge in [-0.2, -0.15) is 0 Å². The molecule has 1 amide bonds. The van der Waals surface area contributed by atoms with E-state index in [2.05, 4.69) is 47.8 Å². The maximum Gasteiger partial charge on any atom is 0.223 e. The molecule has 1 aliphatic carbocycles. The van der Waals surface area contributed by atoms with Crippen molar-refractivity contribution in [2.24, 2.45) is 11.7 Å². The first-order valence-electron chi connectivity index (χ1n) is 7.73. The van der Waals surface area contributed by atoms with E-state index < -0.39 is 0 Å². The van der Waals surface area contributed by atoms with Crippen molar-refractivity contribution >= 4 is 16.7 Å². The molecule has 0 bridgehead atoms. The Balaban J connectivity index is 1.53. The first kappa shape index (κ1) is 14.1. The fraction of sp³-hybridized carbons (Fsp3) is 0.389. The fourth-order valence-electron chi connectivity index (χ4n) is 3.12. The number of amides is 1. The lowest BCUT2D eigenvalue weighted by Crippen LogP contribution is -2.31. The molecule has 2 unspecified atom stereocenters. The fourth-order valence-corrected chi connectivity index (χ4v) is 3.12. The molecule has 3 heteroatoms. The molecule has 110 valence electrons. The van der Waals surface area contributed by atoms with E-state index in [1.165, 1.54) is 16.3 Å². The Kier molecular flexibility index (Phi) is 4.20. The van der Waals surface area contributed by atoms with Crippen LogP contribution in [0.15, 0.2) is 42.5 Å². The van der Waals surface area contributed by atoms with E-state index in [-0.39, 0.29) is 17.9 Å². The van der Waals surface area contributed by atoms with Crippen LogP contribution in [0.1, 0.15) is 24.8 Å². The van der Waals surface area contributed by atoms with Crippen molar-refractivity contribution in [1.82, 2.24) is 5.32 Å². The standard InChI is InChI=1S/C18H22N2O/c19-17-8-7-16(12-17)18(21)20-10-9-13-5-6-14-3-1-2-4-15(14)11-13/h1-6,11,16-17H,7-10,12,19H2,(H,20,21). The molecular formula is C18H22N2O. The molecule has 0 aromatic heterocycles. The van der Waals surface area contributed by atoms with Crippen LogP contribution in [-0.2, 0) is 11.2 Å². The minimum absolute atomic E-state index is 0.122. The summed E-state index contributed by atoms with van der Waals surface area (Å²) in [7, 11) is 0. The monoisotopic (exact) mass is 282 g/mol. The summed E-state index contributed by atoms with van der Waals surface area (Å²) in [6, 6.07) is 15.0. The first-order chi connectivity index (χ1) is 10.2. The second-order valence-corrected chi connectivity index (χ2v) is 5.99. The molecule has 0 aliphatic heterocycles. The first-order valence-corrected chi connectivity index (χ1v) is 7.73. The maximum absolute atomic E-state index is 12.0. The molecular weight excluding hydrogens is 260 g/mol. The van der Waals surface area contributed by atoms with Crippen LogP contribution in [0, 0.1) is 5.92 Å². The molecule has 0 saturated heterocycles. The van der Waals surface area contributed by atoms with Crippen LogP contribution in [0.3, 0.4) is 0 Å². The number of carbonyl (C=O) groups excluding carboxylic acids is 1. The van der Waals surface area contributed by atoms with Gasteiger partial charge in [-0.1, -0.05) is 42.5 Å². The third-order valence-corrected chi connectivity index (χ3v) is 4.37. The van der Waals surface area contributed by atoms with Crippen LogP contribution in [0.5, 0.6) is 0 Å². The van der Waals surface area contributed by atoms with Crippen molar-refractivity contribution in [2.45, 2.75) is 31.7 Å². The molecule has 0 radical (unpaired) electrons. The van der Waals surface area contributed by atoms with Gasteiger partial charge in [0.2, 0.25) is 5.91 Å². The number of nitrogens with two attached hydrogens (primary N) is 1. The van der Waals surface area contributed by atoms with Gasteiger partial charge in [-0.25, -0.2) is 0 Å². The summed E-state index contributed by atoms with van der Waals surface area (Å²) in [6.07, 6.45) is 3.61. The normalized spacial score (nSPS) is 21.6. The molecule has 0 spiro atoms. The SMILES string of the molecule is NC1CCC(C(=O)NCCc2ccc3ccccc3c2)C1. The summed E-state index contributed by atoms with van der Waals surface area (Å²) >= 11 is 0. The highest BCUT2D eigenvalue weighted by Gasteiger charge is 2.27. The molecule has 21 heavy (non-hydrogen) atoms. The summed E-state index contributed by atoms with van der Waals surface area (Å²) in [5, 5.41) is 5.55. The van der Waals surface area contributed by atoms with Crippen LogP contribution in [-0.4, -0.2) is 18.5 Å². The average Bonchev–Trinajstić information content (AvgIpc) is 2.94. The summed E-state index contributed by atoms with van der Waals surface area (Å²) in [5.41, 5.74) is 7.12. The molecule has 3 rings (SSSR count). The quantitative estimate of drug-likeness (QED) is 0.905. The molecule has 0 heterocycles. The Bertz CT molecular complexity index is 638. The Labute approximate surface area is 125 Å². The van der Waals surface area contributed by atoms with Crippen molar-refractivity contribution in [3.8, 4) is 0 Å². The van der Waals surface area contributed by atoms with Crippen LogP contribution in [0.2, 0.25) is 0 Å². The predicted molar refractivity (Wildman–Crippen MR) is 86.0 cm³/mol. The molecule has 3 N–H and O–H groups in total. The van der Waals surface area contributed by atoms with Crippen molar-refractivity contribution < 1.29 is 4.79 Å². The number of hydrogen-bond donors (Lipinski definition) is 2.